The van der Waals surface area contributed by atoms with Crippen LogP contribution < -0.4 is 5.32 Å². The van der Waals surface area contributed by atoms with Gasteiger partial charge in [-0.1, -0.05) is 19.3 Å². The van der Waals surface area contributed by atoms with Crippen LogP contribution in [0.25, 0.3) is 0 Å². The monoisotopic (exact) mass is 300 g/mol. The second-order valence-electron chi connectivity index (χ2n) is 5.40. The molecule has 7 nitrogen and oxygen atoms in total. The van der Waals surface area contributed by atoms with Crippen molar-refractivity contribution in [2.24, 2.45) is 5.41 Å². The molecule has 1 saturated carbocycles. The molecule has 0 saturated heterocycles. The predicted octanol–water partition coefficient (Wildman–Crippen LogP) is 1.23. The molecule has 1 rings (SSSR count). The Hall–Kier alpha value is -1.79. The zero-order chi connectivity index (χ0) is 15.9. The normalized spacial score (nSPS) is 16.9. The number of hydrogen-bond acceptors (Lipinski definition) is 4. The summed E-state index contributed by atoms with van der Waals surface area (Å²) in [6.45, 7) is 2.05. The van der Waals surface area contributed by atoms with Crippen molar-refractivity contribution in [3.63, 3.8) is 0 Å². The average molecular weight is 300 g/mol. The summed E-state index contributed by atoms with van der Waals surface area (Å²) >= 11 is 0. The number of aliphatic carboxylic acids is 1. The predicted molar refractivity (Wildman–Crippen MR) is 75.8 cm³/mol. The minimum absolute atomic E-state index is 0.0961. The number of carbonyl (C=O) groups is 3. The van der Waals surface area contributed by atoms with E-state index in [1.54, 1.807) is 6.92 Å². The maximum Gasteiger partial charge on any atom is 0.325 e. The van der Waals surface area contributed by atoms with Gasteiger partial charge in [0.1, 0.15) is 6.54 Å². The summed E-state index contributed by atoms with van der Waals surface area (Å²) < 4.78 is 4.53. The van der Waals surface area contributed by atoms with Crippen molar-refractivity contribution in [3.05, 3.63) is 0 Å². The van der Waals surface area contributed by atoms with E-state index in [0.29, 0.717) is 19.4 Å². The molecule has 0 radical (unpaired) electrons. The van der Waals surface area contributed by atoms with Gasteiger partial charge >= 0.3 is 18.0 Å². The molecule has 0 aliphatic heterocycles. The summed E-state index contributed by atoms with van der Waals surface area (Å²) in [5.41, 5.74) is -0.876. The maximum atomic E-state index is 12.0. The number of hydrogen-bond donors (Lipinski definition) is 2. The molecule has 1 aliphatic carbocycles. The van der Waals surface area contributed by atoms with Gasteiger partial charge < -0.3 is 20.1 Å². The van der Waals surface area contributed by atoms with E-state index in [0.717, 1.165) is 19.3 Å². The van der Waals surface area contributed by atoms with E-state index < -0.39 is 23.4 Å². The average Bonchev–Trinajstić information content (AvgIpc) is 2.50. The van der Waals surface area contributed by atoms with Gasteiger partial charge in [0.05, 0.1) is 12.5 Å². The number of nitrogens with zero attached hydrogens (tertiary/aromatic N) is 1. The highest BCUT2D eigenvalue weighted by atomic mass is 16.5. The molecule has 21 heavy (non-hydrogen) atoms. The highest BCUT2D eigenvalue weighted by Crippen LogP contribution is 2.36. The first-order chi connectivity index (χ1) is 9.95. The third-order valence-electron chi connectivity index (χ3n) is 4.06. The lowest BCUT2D eigenvalue weighted by Gasteiger charge is -2.34. The Labute approximate surface area is 124 Å². The van der Waals surface area contributed by atoms with Crippen LogP contribution in [0, 0.1) is 5.41 Å². The quantitative estimate of drug-likeness (QED) is 0.719. The minimum atomic E-state index is -0.876. The highest BCUT2D eigenvalue weighted by molar-refractivity contribution is 5.82. The first-order valence-electron chi connectivity index (χ1n) is 7.28. The van der Waals surface area contributed by atoms with E-state index in [9.17, 15) is 19.5 Å². The fourth-order valence-corrected chi connectivity index (χ4v) is 2.60. The van der Waals surface area contributed by atoms with Gasteiger partial charge in [0.15, 0.2) is 0 Å². The molecule has 0 atom stereocenters. The van der Waals surface area contributed by atoms with E-state index in [-0.39, 0.29) is 13.1 Å². The SMILES string of the molecule is CCN(CC(=O)OC)C(=O)NCC1(C(=O)O)CCCCC1. The van der Waals surface area contributed by atoms with Crippen LogP contribution in [0.1, 0.15) is 39.0 Å². The van der Waals surface area contributed by atoms with Gasteiger partial charge in [-0.15, -0.1) is 0 Å². The van der Waals surface area contributed by atoms with Crippen LogP contribution in [0.2, 0.25) is 0 Å². The van der Waals surface area contributed by atoms with E-state index in [4.69, 9.17) is 0 Å². The van der Waals surface area contributed by atoms with Crippen molar-refractivity contribution >= 4 is 18.0 Å². The van der Waals surface area contributed by atoms with Gasteiger partial charge in [0.2, 0.25) is 0 Å². The van der Waals surface area contributed by atoms with Gasteiger partial charge in [-0.2, -0.15) is 0 Å². The number of methoxy groups -OCH3 is 1. The number of esters is 1. The van der Waals surface area contributed by atoms with Gasteiger partial charge in [-0.3, -0.25) is 9.59 Å². The first kappa shape index (κ1) is 17.3. The van der Waals surface area contributed by atoms with Crippen molar-refractivity contribution in [2.45, 2.75) is 39.0 Å². The molecule has 0 aromatic rings. The number of urea groups is 1. The van der Waals surface area contributed by atoms with Crippen molar-refractivity contribution in [3.8, 4) is 0 Å². The highest BCUT2D eigenvalue weighted by Gasteiger charge is 2.40. The second kappa shape index (κ2) is 7.85. The van der Waals surface area contributed by atoms with Gasteiger partial charge in [-0.05, 0) is 19.8 Å². The van der Waals surface area contributed by atoms with Crippen LogP contribution in [0.3, 0.4) is 0 Å². The molecular formula is C14H24N2O5. The number of likely N-dealkylation sites (N-methyl/N-ethyl adjacent to an activating group) is 1. The summed E-state index contributed by atoms with van der Waals surface area (Å²) in [6, 6.07) is -0.436. The Morgan fingerprint density at radius 3 is 2.33 bits per heavy atom. The topological polar surface area (TPSA) is 95.9 Å². The number of nitrogens with one attached hydrogen (secondary N) is 1. The number of ether oxygens (including phenoxy) is 1. The molecule has 0 bridgehead atoms. The Kier molecular flexibility index (Phi) is 6.45. The van der Waals surface area contributed by atoms with Crippen LogP contribution in [0.5, 0.6) is 0 Å². The Morgan fingerprint density at radius 1 is 1.24 bits per heavy atom. The van der Waals surface area contributed by atoms with Crippen molar-refractivity contribution in [1.29, 1.82) is 0 Å². The fraction of sp³-hybridized carbons (Fsp3) is 0.786. The van der Waals surface area contributed by atoms with Crippen LogP contribution in [-0.2, 0) is 14.3 Å². The Bertz CT molecular complexity index is 391. The molecule has 2 amide bonds. The molecule has 1 aliphatic rings. The van der Waals surface area contributed by atoms with Crippen molar-refractivity contribution in [1.82, 2.24) is 10.2 Å². The summed E-state index contributed by atoms with van der Waals surface area (Å²) in [6.07, 6.45) is 3.91. The number of amides is 2. The number of carboxylic acids is 1. The standard InChI is InChI=1S/C14H24N2O5/c1-3-16(9-11(17)21-2)13(20)15-10-14(12(18)19)7-5-4-6-8-14/h3-10H2,1-2H3,(H,15,20)(H,18,19). The second-order valence-corrected chi connectivity index (χ2v) is 5.40. The molecule has 1 fully saturated rings. The molecule has 2 N–H and O–H groups in total. The number of carboxylic acid groups (broad SMARTS) is 1. The summed E-state index contributed by atoms with van der Waals surface area (Å²) in [7, 11) is 1.26. The molecule has 7 heteroatoms. The van der Waals surface area contributed by atoms with Crippen molar-refractivity contribution < 1.29 is 24.2 Å². The van der Waals surface area contributed by atoms with Crippen LogP contribution >= 0.6 is 0 Å². The molecule has 0 heterocycles. The van der Waals surface area contributed by atoms with E-state index in [1.807, 2.05) is 0 Å². The van der Waals surface area contributed by atoms with Crippen LogP contribution in [0.15, 0.2) is 0 Å². The Balaban J connectivity index is 2.59. The molecule has 0 unspecified atom stereocenters. The van der Waals surface area contributed by atoms with Gasteiger partial charge in [-0.25, -0.2) is 4.79 Å². The van der Waals surface area contributed by atoms with Crippen molar-refractivity contribution in [2.75, 3.05) is 26.7 Å². The third-order valence-corrected chi connectivity index (χ3v) is 4.06. The molecule has 0 aromatic carbocycles. The van der Waals surface area contributed by atoms with E-state index >= 15 is 0 Å². The van der Waals surface area contributed by atoms with E-state index in [1.165, 1.54) is 12.0 Å². The lowest BCUT2D eigenvalue weighted by molar-refractivity contribution is -0.150. The molecular weight excluding hydrogens is 276 g/mol. The van der Waals surface area contributed by atoms with Gasteiger partial charge in [0, 0.05) is 13.1 Å². The maximum absolute atomic E-state index is 12.0. The lowest BCUT2D eigenvalue weighted by Crippen LogP contribution is -2.49. The molecule has 120 valence electrons. The smallest absolute Gasteiger partial charge is 0.325 e. The summed E-state index contributed by atoms with van der Waals surface area (Å²) in [4.78, 5) is 36.1. The van der Waals surface area contributed by atoms with Gasteiger partial charge in [0.25, 0.3) is 0 Å². The molecule has 0 aromatic heterocycles. The molecule has 0 spiro atoms. The zero-order valence-corrected chi connectivity index (χ0v) is 12.7. The minimum Gasteiger partial charge on any atom is -0.481 e. The summed E-state index contributed by atoms with van der Waals surface area (Å²) in [5.74, 6) is -1.36. The van der Waals surface area contributed by atoms with Crippen LogP contribution in [0.4, 0.5) is 4.79 Å². The van der Waals surface area contributed by atoms with Crippen LogP contribution in [-0.4, -0.2) is 54.7 Å². The zero-order valence-electron chi connectivity index (χ0n) is 12.7. The third kappa shape index (κ3) is 4.61. The summed E-state index contributed by atoms with van der Waals surface area (Å²) in [5, 5.41) is 12.1. The Morgan fingerprint density at radius 2 is 1.86 bits per heavy atom. The van der Waals surface area contributed by atoms with E-state index in [2.05, 4.69) is 10.1 Å². The largest absolute Gasteiger partial charge is 0.481 e. The first-order valence-corrected chi connectivity index (χ1v) is 7.28. The fourth-order valence-electron chi connectivity index (χ4n) is 2.60. The number of carbonyl (C=O) groups excluding carboxylic acids is 2. The number of rotatable bonds is 6. The lowest BCUT2D eigenvalue weighted by atomic mass is 9.74.